The molecule has 31 heavy (non-hydrogen) atoms. The molecule has 0 aliphatic rings. The number of unbranched alkanes of at least 4 members (excludes halogenated alkanes) is 2. The van der Waals surface area contributed by atoms with Crippen molar-refractivity contribution < 1.29 is 29.0 Å². The standard InChI is InChI=1S/C23H36N2O6/c1-16-10-11-17(8-6-5-7-9-21(27)28)14-19(16)30-15-18(12-13-20(24)26)25-22(29)31-23(2,3)4/h10-11,14,18H,5-9,12-13,15H2,1-4H3,(H2,24,26)(H,25,29)(H,27,28)/t18-/m0/s1. The third kappa shape index (κ3) is 12.5. The summed E-state index contributed by atoms with van der Waals surface area (Å²) in [5.74, 6) is -0.507. The summed E-state index contributed by atoms with van der Waals surface area (Å²) in [7, 11) is 0. The van der Waals surface area contributed by atoms with Gasteiger partial charge < -0.3 is 25.6 Å². The van der Waals surface area contributed by atoms with Crippen molar-refractivity contribution in [3.05, 3.63) is 29.3 Å². The maximum absolute atomic E-state index is 12.1. The Labute approximate surface area is 184 Å². The number of hydrogen-bond donors (Lipinski definition) is 3. The van der Waals surface area contributed by atoms with Crippen LogP contribution in [0.25, 0.3) is 0 Å². The lowest BCUT2D eigenvalue weighted by molar-refractivity contribution is -0.137. The SMILES string of the molecule is Cc1ccc(CCCCCC(=O)O)cc1OC[C@H](CCC(N)=O)NC(=O)OC(C)(C)C. The molecule has 8 heteroatoms. The zero-order valence-corrected chi connectivity index (χ0v) is 19.0. The second kappa shape index (κ2) is 12.8. The van der Waals surface area contributed by atoms with Crippen LogP contribution in [-0.4, -0.2) is 41.3 Å². The number of hydrogen-bond acceptors (Lipinski definition) is 5. The summed E-state index contributed by atoms with van der Waals surface area (Å²) >= 11 is 0. The summed E-state index contributed by atoms with van der Waals surface area (Å²) in [5, 5.41) is 11.5. The van der Waals surface area contributed by atoms with Crippen molar-refractivity contribution in [3.63, 3.8) is 0 Å². The van der Waals surface area contributed by atoms with Gasteiger partial charge in [0.05, 0.1) is 6.04 Å². The summed E-state index contributed by atoms with van der Waals surface area (Å²) < 4.78 is 11.3. The second-order valence-corrected chi connectivity index (χ2v) is 8.71. The molecule has 0 unspecified atom stereocenters. The minimum atomic E-state index is -0.767. The van der Waals surface area contributed by atoms with Crippen LogP contribution in [0.2, 0.25) is 0 Å². The Kier molecular flexibility index (Phi) is 10.9. The van der Waals surface area contributed by atoms with E-state index in [4.69, 9.17) is 20.3 Å². The van der Waals surface area contributed by atoms with Gasteiger partial charge in [-0.15, -0.1) is 0 Å². The third-order valence-electron chi connectivity index (χ3n) is 4.51. The summed E-state index contributed by atoms with van der Waals surface area (Å²) in [4.78, 5) is 33.9. The molecule has 0 saturated carbocycles. The number of ether oxygens (including phenoxy) is 2. The molecule has 0 saturated heterocycles. The topological polar surface area (TPSA) is 128 Å². The monoisotopic (exact) mass is 436 g/mol. The summed E-state index contributed by atoms with van der Waals surface area (Å²) in [6, 6.07) is 5.54. The normalized spacial score (nSPS) is 12.1. The number of carbonyl (C=O) groups is 3. The van der Waals surface area contributed by atoms with Gasteiger partial charge in [0, 0.05) is 12.8 Å². The van der Waals surface area contributed by atoms with E-state index in [1.54, 1.807) is 20.8 Å². The van der Waals surface area contributed by atoms with Gasteiger partial charge in [-0.1, -0.05) is 18.6 Å². The second-order valence-electron chi connectivity index (χ2n) is 8.71. The van der Waals surface area contributed by atoms with Gasteiger partial charge in [0.2, 0.25) is 5.91 Å². The number of carboxylic acid groups (broad SMARTS) is 1. The molecule has 1 rings (SSSR count). The van der Waals surface area contributed by atoms with Gasteiger partial charge >= 0.3 is 12.1 Å². The number of carboxylic acids is 1. The largest absolute Gasteiger partial charge is 0.491 e. The van der Waals surface area contributed by atoms with Crippen molar-refractivity contribution in [2.75, 3.05) is 6.61 Å². The number of primary amides is 1. The molecular formula is C23H36N2O6. The summed E-state index contributed by atoms with van der Waals surface area (Å²) in [6.45, 7) is 7.44. The van der Waals surface area contributed by atoms with Crippen LogP contribution in [-0.2, 0) is 20.7 Å². The fourth-order valence-corrected chi connectivity index (χ4v) is 2.92. The molecule has 0 fully saturated rings. The molecule has 0 bridgehead atoms. The highest BCUT2D eigenvalue weighted by Crippen LogP contribution is 2.22. The molecule has 0 aliphatic carbocycles. The molecule has 0 radical (unpaired) electrons. The van der Waals surface area contributed by atoms with E-state index in [9.17, 15) is 14.4 Å². The molecule has 174 valence electrons. The maximum atomic E-state index is 12.1. The number of nitrogens with two attached hydrogens (primary N) is 1. The van der Waals surface area contributed by atoms with Gasteiger partial charge in [-0.2, -0.15) is 0 Å². The van der Waals surface area contributed by atoms with Gasteiger partial charge in [-0.25, -0.2) is 4.79 Å². The molecule has 0 aliphatic heterocycles. The Hall–Kier alpha value is -2.77. The molecule has 2 amide bonds. The van der Waals surface area contributed by atoms with E-state index in [1.807, 2.05) is 25.1 Å². The smallest absolute Gasteiger partial charge is 0.407 e. The number of nitrogens with one attached hydrogen (secondary N) is 1. The van der Waals surface area contributed by atoms with Crippen LogP contribution < -0.4 is 15.8 Å². The Morgan fingerprint density at radius 2 is 1.84 bits per heavy atom. The van der Waals surface area contributed by atoms with Crippen molar-refractivity contribution in [2.45, 2.75) is 84.3 Å². The first-order chi connectivity index (χ1) is 14.5. The molecule has 8 nitrogen and oxygen atoms in total. The van der Waals surface area contributed by atoms with Gasteiger partial charge in [0.1, 0.15) is 18.0 Å². The first-order valence-electron chi connectivity index (χ1n) is 10.7. The van der Waals surface area contributed by atoms with E-state index in [-0.39, 0.29) is 19.4 Å². The van der Waals surface area contributed by atoms with E-state index >= 15 is 0 Å². The van der Waals surface area contributed by atoms with Crippen molar-refractivity contribution in [2.24, 2.45) is 5.73 Å². The fraction of sp³-hybridized carbons (Fsp3) is 0.609. The molecule has 4 N–H and O–H groups in total. The third-order valence-corrected chi connectivity index (χ3v) is 4.51. The van der Waals surface area contributed by atoms with Gasteiger partial charge in [0.25, 0.3) is 0 Å². The van der Waals surface area contributed by atoms with Crippen LogP contribution in [0.3, 0.4) is 0 Å². The predicted octanol–water partition coefficient (Wildman–Crippen LogP) is 3.72. The minimum absolute atomic E-state index is 0.124. The predicted molar refractivity (Wildman–Crippen MR) is 118 cm³/mol. The maximum Gasteiger partial charge on any atom is 0.407 e. The van der Waals surface area contributed by atoms with Crippen molar-refractivity contribution in [1.29, 1.82) is 0 Å². The number of alkyl carbamates (subject to hydrolysis) is 1. The van der Waals surface area contributed by atoms with E-state index in [0.29, 0.717) is 18.6 Å². The highest BCUT2D eigenvalue weighted by Gasteiger charge is 2.20. The van der Waals surface area contributed by atoms with E-state index in [2.05, 4.69) is 5.32 Å². The molecular weight excluding hydrogens is 400 g/mol. The van der Waals surface area contributed by atoms with Gasteiger partial charge in [-0.05, 0) is 70.6 Å². The molecule has 0 spiro atoms. The number of carbonyl (C=O) groups excluding carboxylic acids is 2. The molecule has 1 aromatic rings. The van der Waals surface area contributed by atoms with E-state index in [1.165, 1.54) is 0 Å². The minimum Gasteiger partial charge on any atom is -0.491 e. The van der Waals surface area contributed by atoms with Gasteiger partial charge in [0.15, 0.2) is 0 Å². The average molecular weight is 437 g/mol. The van der Waals surface area contributed by atoms with E-state index in [0.717, 1.165) is 30.4 Å². The fourth-order valence-electron chi connectivity index (χ4n) is 2.92. The van der Waals surface area contributed by atoms with Crippen LogP contribution in [0.4, 0.5) is 4.79 Å². The Balaban J connectivity index is 2.67. The van der Waals surface area contributed by atoms with Crippen LogP contribution in [0.15, 0.2) is 18.2 Å². The Bertz CT molecular complexity index is 742. The summed E-state index contributed by atoms with van der Waals surface area (Å²) in [5.41, 5.74) is 6.68. The lowest BCUT2D eigenvalue weighted by Crippen LogP contribution is -2.42. The van der Waals surface area contributed by atoms with Crippen LogP contribution in [0.5, 0.6) is 5.75 Å². The quantitative estimate of drug-likeness (QED) is 0.404. The number of benzene rings is 1. The Morgan fingerprint density at radius 1 is 1.13 bits per heavy atom. The average Bonchev–Trinajstić information content (AvgIpc) is 2.63. The highest BCUT2D eigenvalue weighted by atomic mass is 16.6. The lowest BCUT2D eigenvalue weighted by atomic mass is 10.0. The highest BCUT2D eigenvalue weighted by molar-refractivity contribution is 5.74. The Morgan fingerprint density at radius 3 is 2.45 bits per heavy atom. The zero-order valence-electron chi connectivity index (χ0n) is 19.0. The van der Waals surface area contributed by atoms with Crippen LogP contribution in [0.1, 0.15) is 70.4 Å². The summed E-state index contributed by atoms with van der Waals surface area (Å²) in [6.07, 6.45) is 3.34. The number of aliphatic carboxylic acids is 1. The molecule has 0 heterocycles. The van der Waals surface area contributed by atoms with Crippen molar-refractivity contribution >= 4 is 18.0 Å². The van der Waals surface area contributed by atoms with Gasteiger partial charge in [-0.3, -0.25) is 9.59 Å². The van der Waals surface area contributed by atoms with E-state index < -0.39 is 29.6 Å². The first-order valence-corrected chi connectivity index (χ1v) is 10.7. The van der Waals surface area contributed by atoms with Crippen LogP contribution in [0, 0.1) is 6.92 Å². The number of amides is 2. The van der Waals surface area contributed by atoms with Crippen molar-refractivity contribution in [3.8, 4) is 5.75 Å². The number of rotatable bonds is 13. The van der Waals surface area contributed by atoms with Crippen LogP contribution >= 0.6 is 0 Å². The molecule has 1 atom stereocenters. The molecule has 1 aromatic carbocycles. The van der Waals surface area contributed by atoms with Crippen molar-refractivity contribution in [1.82, 2.24) is 5.32 Å². The lowest BCUT2D eigenvalue weighted by Gasteiger charge is -2.24. The number of aryl methyl sites for hydroxylation is 2. The molecule has 0 aromatic heterocycles. The zero-order chi connectivity index (χ0) is 23.4. The first kappa shape index (κ1) is 26.3.